The van der Waals surface area contributed by atoms with Crippen LogP contribution in [0.25, 0.3) is 0 Å². The fraction of sp³-hybridized carbons (Fsp3) is 0.455. The van der Waals surface area contributed by atoms with Crippen LogP contribution in [0.1, 0.15) is 50.4 Å². The minimum Gasteiger partial charge on any atom is -0.497 e. The van der Waals surface area contributed by atoms with E-state index in [4.69, 9.17) is 18.9 Å². The minimum absolute atomic E-state index is 0.0684. The molecule has 3 N–H and O–H groups in total. The molecule has 0 radical (unpaired) electrons. The van der Waals surface area contributed by atoms with E-state index in [1.54, 1.807) is 82.2 Å². The monoisotopic (exact) mass is 655 g/mol. The molecule has 2 aliphatic heterocycles. The maximum atomic E-state index is 13.7. The summed E-state index contributed by atoms with van der Waals surface area (Å²) in [5.74, 6) is -0.0799. The fourth-order valence-electron chi connectivity index (χ4n) is 5.25. The van der Waals surface area contributed by atoms with Gasteiger partial charge in [0.05, 0.1) is 20.8 Å². The number of nitrogens with one attached hydrogen (secondary N) is 2. The van der Waals surface area contributed by atoms with E-state index in [-0.39, 0.29) is 25.7 Å². The van der Waals surface area contributed by atoms with Gasteiger partial charge in [0.15, 0.2) is 0 Å². The van der Waals surface area contributed by atoms with Gasteiger partial charge in [0, 0.05) is 17.9 Å². The second-order valence-corrected chi connectivity index (χ2v) is 13.1. The highest BCUT2D eigenvalue weighted by atomic mass is 32.2. The van der Waals surface area contributed by atoms with Gasteiger partial charge in [-0.2, -0.15) is 0 Å². The molecule has 0 spiro atoms. The molecule has 2 fully saturated rings. The summed E-state index contributed by atoms with van der Waals surface area (Å²) in [6.07, 6.45) is 2.70. The summed E-state index contributed by atoms with van der Waals surface area (Å²) in [5, 5.41) is 14.6. The van der Waals surface area contributed by atoms with Crippen LogP contribution in [0.4, 0.5) is 4.79 Å². The Balaban J connectivity index is 1.47. The number of carbonyl (C=O) groups is 4. The SMILES string of the molecule is CC=CC1(C(=O)OCc2ccc(OC)cc2)CS[C@@H]2C(NC(=O)C(NC(=O)OC(C)(C)C)c3ccc(CO)c(OC)c3)C(=O)N2C1. The zero-order valence-electron chi connectivity index (χ0n) is 26.8. The second-order valence-electron chi connectivity index (χ2n) is 12.0. The van der Waals surface area contributed by atoms with E-state index in [0.717, 1.165) is 5.56 Å². The van der Waals surface area contributed by atoms with E-state index >= 15 is 0 Å². The van der Waals surface area contributed by atoms with Crippen molar-refractivity contribution in [3.63, 3.8) is 0 Å². The van der Waals surface area contributed by atoms with Crippen LogP contribution in [0.2, 0.25) is 0 Å². The summed E-state index contributed by atoms with van der Waals surface area (Å²) < 4.78 is 21.6. The van der Waals surface area contributed by atoms with Gasteiger partial charge in [-0.15, -0.1) is 11.8 Å². The maximum absolute atomic E-state index is 13.7. The lowest BCUT2D eigenvalue weighted by Crippen LogP contribution is -2.74. The third-order valence-corrected chi connectivity index (χ3v) is 9.11. The number of rotatable bonds is 11. The lowest BCUT2D eigenvalue weighted by Gasteiger charge is -2.53. The molecule has 2 aliphatic rings. The molecule has 12 nitrogen and oxygen atoms in total. The van der Waals surface area contributed by atoms with Gasteiger partial charge in [0.25, 0.3) is 0 Å². The van der Waals surface area contributed by atoms with E-state index in [2.05, 4.69) is 10.6 Å². The Morgan fingerprint density at radius 3 is 2.46 bits per heavy atom. The first-order chi connectivity index (χ1) is 21.8. The molecule has 13 heteroatoms. The molecule has 248 valence electrons. The van der Waals surface area contributed by atoms with Crippen LogP contribution in [0, 0.1) is 5.41 Å². The zero-order chi connectivity index (χ0) is 33.6. The number of ether oxygens (including phenoxy) is 4. The van der Waals surface area contributed by atoms with Crippen molar-refractivity contribution in [3.8, 4) is 11.5 Å². The van der Waals surface area contributed by atoms with Crippen molar-refractivity contribution < 1.29 is 43.2 Å². The van der Waals surface area contributed by atoms with Crippen molar-refractivity contribution in [2.75, 3.05) is 26.5 Å². The van der Waals surface area contributed by atoms with Gasteiger partial charge in [0.2, 0.25) is 11.8 Å². The number of amides is 3. The van der Waals surface area contributed by atoms with Gasteiger partial charge in [-0.3, -0.25) is 14.4 Å². The third-order valence-electron chi connectivity index (χ3n) is 7.56. The lowest BCUT2D eigenvalue weighted by atomic mass is 9.86. The standard InChI is InChI=1S/C33H41N3O9S/c1-7-14-33(30(40)44-17-20-8-12-23(42-5)13-9-20)18-36-28(39)26(29(36)46-19-33)34-27(38)25(35-31(41)45-32(2,3)4)21-10-11-22(16-37)24(15-21)43-6/h7-15,25-26,29,37H,16-19H2,1-6H3,(H,34,38)(H,35,41)/t25?,26?,29-,33?/m1/s1. The number of carbonyl (C=O) groups excluding carboxylic acids is 4. The number of methoxy groups -OCH3 is 2. The largest absolute Gasteiger partial charge is 0.497 e. The quantitative estimate of drug-likeness (QED) is 0.186. The number of aliphatic hydroxyl groups excluding tert-OH is 1. The van der Waals surface area contributed by atoms with E-state index in [0.29, 0.717) is 28.4 Å². The van der Waals surface area contributed by atoms with Crippen LogP contribution in [-0.2, 0) is 37.1 Å². The van der Waals surface area contributed by atoms with Gasteiger partial charge in [-0.1, -0.05) is 36.4 Å². The first-order valence-electron chi connectivity index (χ1n) is 14.8. The van der Waals surface area contributed by atoms with Gasteiger partial charge in [-0.05, 0) is 57.0 Å². The Labute approximate surface area is 272 Å². The molecule has 3 amide bonds. The average Bonchev–Trinajstić information content (AvgIpc) is 3.04. The van der Waals surface area contributed by atoms with Crippen molar-refractivity contribution in [2.45, 2.75) is 64.0 Å². The molecule has 4 atom stereocenters. The van der Waals surface area contributed by atoms with E-state index < -0.39 is 46.4 Å². The Hall–Kier alpha value is -4.23. The summed E-state index contributed by atoms with van der Waals surface area (Å²) in [7, 11) is 3.00. The highest BCUT2D eigenvalue weighted by Crippen LogP contribution is 2.44. The van der Waals surface area contributed by atoms with Crippen molar-refractivity contribution >= 4 is 35.6 Å². The molecular weight excluding hydrogens is 614 g/mol. The third kappa shape index (κ3) is 7.76. The molecule has 2 heterocycles. The van der Waals surface area contributed by atoms with Crippen LogP contribution in [0.15, 0.2) is 54.6 Å². The van der Waals surface area contributed by atoms with E-state index in [1.807, 2.05) is 12.1 Å². The number of β-lactam (4-membered cyclic amide) rings is 1. The summed E-state index contributed by atoms with van der Waals surface area (Å²) >= 11 is 1.37. The van der Waals surface area contributed by atoms with Crippen LogP contribution in [-0.4, -0.2) is 77.4 Å². The topological polar surface area (TPSA) is 153 Å². The van der Waals surface area contributed by atoms with Crippen molar-refractivity contribution in [3.05, 3.63) is 71.3 Å². The fourth-order valence-corrected chi connectivity index (χ4v) is 6.76. The number of esters is 1. The van der Waals surface area contributed by atoms with Crippen LogP contribution >= 0.6 is 11.8 Å². The number of nitrogens with zero attached hydrogens (tertiary/aromatic N) is 1. The van der Waals surface area contributed by atoms with Crippen LogP contribution in [0.5, 0.6) is 11.5 Å². The number of alkyl carbamates (subject to hydrolysis) is 1. The molecule has 2 aromatic rings. The summed E-state index contributed by atoms with van der Waals surface area (Å²) in [5.41, 5.74) is -0.213. The van der Waals surface area contributed by atoms with Gasteiger partial charge < -0.3 is 39.6 Å². The van der Waals surface area contributed by atoms with Gasteiger partial charge in [0.1, 0.15) is 46.6 Å². The van der Waals surface area contributed by atoms with E-state index in [1.165, 1.54) is 18.9 Å². The first kappa shape index (κ1) is 34.6. The summed E-state index contributed by atoms with van der Waals surface area (Å²) in [6.45, 7) is 6.78. The zero-order valence-corrected chi connectivity index (χ0v) is 27.6. The number of allylic oxidation sites excluding steroid dienone is 1. The normalized spacial score (nSPS) is 21.5. The molecule has 0 aliphatic carbocycles. The number of benzene rings is 2. The second kappa shape index (κ2) is 14.5. The molecular formula is C33H41N3O9S. The van der Waals surface area contributed by atoms with Crippen molar-refractivity contribution in [1.29, 1.82) is 0 Å². The molecule has 0 aromatic heterocycles. The minimum atomic E-state index is -1.23. The number of fused-ring (bicyclic) bond motifs is 1. The smallest absolute Gasteiger partial charge is 0.408 e. The molecule has 2 aromatic carbocycles. The lowest BCUT2D eigenvalue weighted by molar-refractivity contribution is -0.161. The van der Waals surface area contributed by atoms with Crippen LogP contribution in [0.3, 0.4) is 0 Å². The first-order valence-corrected chi connectivity index (χ1v) is 15.8. The highest BCUT2D eigenvalue weighted by Gasteiger charge is 2.57. The predicted octanol–water partition coefficient (Wildman–Crippen LogP) is 3.47. The molecule has 4 rings (SSSR count). The van der Waals surface area contributed by atoms with E-state index in [9.17, 15) is 24.3 Å². The molecule has 46 heavy (non-hydrogen) atoms. The van der Waals surface area contributed by atoms with Crippen molar-refractivity contribution in [2.24, 2.45) is 5.41 Å². The molecule has 3 unspecified atom stereocenters. The summed E-state index contributed by atoms with van der Waals surface area (Å²) in [4.78, 5) is 54.8. The molecule has 0 saturated carbocycles. The Morgan fingerprint density at radius 1 is 1.13 bits per heavy atom. The number of hydrogen-bond acceptors (Lipinski definition) is 10. The Kier molecular flexibility index (Phi) is 10.9. The number of hydrogen-bond donors (Lipinski definition) is 3. The maximum Gasteiger partial charge on any atom is 0.408 e. The molecule has 2 saturated heterocycles. The van der Waals surface area contributed by atoms with Gasteiger partial charge in [-0.25, -0.2) is 4.79 Å². The van der Waals surface area contributed by atoms with Crippen molar-refractivity contribution in [1.82, 2.24) is 15.5 Å². The highest BCUT2D eigenvalue weighted by molar-refractivity contribution is 8.00. The average molecular weight is 656 g/mol. The summed E-state index contributed by atoms with van der Waals surface area (Å²) in [6, 6.07) is 9.81. The Morgan fingerprint density at radius 2 is 1.85 bits per heavy atom. The predicted molar refractivity (Wildman–Crippen MR) is 171 cm³/mol. The molecule has 0 bridgehead atoms. The van der Waals surface area contributed by atoms with Crippen LogP contribution < -0.4 is 20.1 Å². The number of aliphatic hydroxyl groups is 1. The van der Waals surface area contributed by atoms with Gasteiger partial charge >= 0.3 is 12.1 Å². The number of thioether (sulfide) groups is 1. The Bertz CT molecular complexity index is 1470.